The van der Waals surface area contributed by atoms with Gasteiger partial charge >= 0.3 is 0 Å². The molecule has 2 aromatic carbocycles. The van der Waals surface area contributed by atoms with Crippen LogP contribution in [-0.2, 0) is 0 Å². The summed E-state index contributed by atoms with van der Waals surface area (Å²) in [5, 5.41) is 3.60. The highest BCUT2D eigenvalue weighted by molar-refractivity contribution is 5.67. The minimum Gasteiger partial charge on any atom is -0.355 e. The molecule has 0 atom stereocenters. The third-order valence-electron chi connectivity index (χ3n) is 4.93. The molecule has 3 rings (SSSR count). The van der Waals surface area contributed by atoms with Crippen molar-refractivity contribution in [3.05, 3.63) is 58.7 Å². The molecule has 1 nitrogen and oxygen atoms in total. The number of nitrogens with one attached hydrogen (secondary N) is 1. The molecule has 22 heavy (non-hydrogen) atoms. The molecule has 2 aromatic rings. The van der Waals surface area contributed by atoms with Gasteiger partial charge in [0.15, 0.2) is 0 Å². The van der Waals surface area contributed by atoms with Crippen LogP contribution in [0.15, 0.2) is 36.4 Å². The molecule has 0 aliphatic heterocycles. The van der Waals surface area contributed by atoms with Gasteiger partial charge < -0.3 is 5.32 Å². The van der Waals surface area contributed by atoms with Crippen LogP contribution in [0.2, 0.25) is 0 Å². The monoisotopic (exact) mass is 293 g/mol. The first-order valence-electron chi connectivity index (χ1n) is 8.58. The molecule has 1 saturated carbocycles. The molecule has 0 unspecified atom stereocenters. The second kappa shape index (κ2) is 6.56. The number of rotatable bonds is 3. The van der Waals surface area contributed by atoms with Crippen molar-refractivity contribution in [1.29, 1.82) is 0 Å². The van der Waals surface area contributed by atoms with Gasteiger partial charge in [-0.15, -0.1) is 0 Å². The lowest BCUT2D eigenvalue weighted by atomic mass is 9.84. The van der Waals surface area contributed by atoms with Crippen LogP contribution in [0.4, 0.5) is 11.4 Å². The van der Waals surface area contributed by atoms with E-state index >= 15 is 0 Å². The summed E-state index contributed by atoms with van der Waals surface area (Å²) in [5.41, 5.74) is 7.91. The zero-order valence-electron chi connectivity index (χ0n) is 14.1. The maximum Gasteiger partial charge on any atom is 0.0443 e. The number of hydrogen-bond acceptors (Lipinski definition) is 1. The first-order chi connectivity index (χ1) is 10.6. The summed E-state index contributed by atoms with van der Waals surface area (Å²) in [6.07, 6.45) is 6.94. The maximum absolute atomic E-state index is 3.60. The molecule has 1 N–H and O–H groups in total. The quantitative estimate of drug-likeness (QED) is 0.690. The van der Waals surface area contributed by atoms with Gasteiger partial charge in [-0.05, 0) is 68.4 Å². The lowest BCUT2D eigenvalue weighted by Gasteiger charge is -2.22. The van der Waals surface area contributed by atoms with Gasteiger partial charge in [-0.3, -0.25) is 0 Å². The lowest BCUT2D eigenvalue weighted by Crippen LogP contribution is -2.04. The predicted octanol–water partition coefficient (Wildman–Crippen LogP) is 6.40. The fraction of sp³-hybridized carbons (Fsp3) is 0.429. The maximum atomic E-state index is 3.60. The van der Waals surface area contributed by atoms with Crippen molar-refractivity contribution >= 4 is 11.4 Å². The highest BCUT2D eigenvalue weighted by atomic mass is 14.9. The van der Waals surface area contributed by atoms with Crippen LogP contribution in [0.3, 0.4) is 0 Å². The Balaban J connectivity index is 1.76. The van der Waals surface area contributed by atoms with Crippen LogP contribution >= 0.6 is 0 Å². The molecule has 0 spiro atoms. The summed E-state index contributed by atoms with van der Waals surface area (Å²) in [5.74, 6) is 0.783. The van der Waals surface area contributed by atoms with Crippen LogP contribution in [-0.4, -0.2) is 0 Å². The molecule has 0 heterocycles. The van der Waals surface area contributed by atoms with E-state index in [9.17, 15) is 0 Å². The number of anilines is 2. The van der Waals surface area contributed by atoms with Crippen molar-refractivity contribution in [3.63, 3.8) is 0 Å². The number of hydrogen-bond donors (Lipinski definition) is 1. The first kappa shape index (κ1) is 15.1. The zero-order chi connectivity index (χ0) is 15.5. The Morgan fingerprint density at radius 3 is 2.00 bits per heavy atom. The van der Waals surface area contributed by atoms with Crippen molar-refractivity contribution in [2.75, 3.05) is 5.32 Å². The average Bonchev–Trinajstić information content (AvgIpc) is 2.52. The molecule has 0 aromatic heterocycles. The fourth-order valence-electron chi connectivity index (χ4n) is 3.80. The second-order valence-corrected chi connectivity index (χ2v) is 6.86. The molecule has 0 bridgehead atoms. The Labute approximate surface area is 134 Å². The molecule has 1 aliphatic rings. The van der Waals surface area contributed by atoms with Crippen molar-refractivity contribution in [3.8, 4) is 0 Å². The Morgan fingerprint density at radius 1 is 0.818 bits per heavy atom. The SMILES string of the molecule is Cc1cc(C)c(Nc2ccc(C3CCCCC3)cc2)c(C)c1. The van der Waals surface area contributed by atoms with Crippen LogP contribution in [0, 0.1) is 20.8 Å². The fourth-order valence-corrected chi connectivity index (χ4v) is 3.80. The highest BCUT2D eigenvalue weighted by Gasteiger charge is 2.15. The highest BCUT2D eigenvalue weighted by Crippen LogP contribution is 2.33. The minimum atomic E-state index is 0.783. The van der Waals surface area contributed by atoms with E-state index in [1.54, 1.807) is 0 Å². The summed E-state index contributed by atoms with van der Waals surface area (Å²) in [6.45, 7) is 6.51. The van der Waals surface area contributed by atoms with Crippen LogP contribution in [0.25, 0.3) is 0 Å². The van der Waals surface area contributed by atoms with Crippen molar-refractivity contribution in [2.45, 2.75) is 58.8 Å². The van der Waals surface area contributed by atoms with E-state index in [2.05, 4.69) is 62.5 Å². The molecule has 116 valence electrons. The molecule has 1 aliphatic carbocycles. The Morgan fingerprint density at radius 2 is 1.41 bits per heavy atom. The van der Waals surface area contributed by atoms with E-state index in [0.29, 0.717) is 0 Å². The average molecular weight is 293 g/mol. The van der Waals surface area contributed by atoms with Crippen LogP contribution in [0.1, 0.15) is 60.3 Å². The van der Waals surface area contributed by atoms with Gasteiger partial charge in [0.05, 0.1) is 0 Å². The van der Waals surface area contributed by atoms with Gasteiger partial charge in [0, 0.05) is 11.4 Å². The van der Waals surface area contributed by atoms with E-state index in [-0.39, 0.29) is 0 Å². The van der Waals surface area contributed by atoms with Gasteiger partial charge in [0.2, 0.25) is 0 Å². The molecular formula is C21H27N. The third-order valence-corrected chi connectivity index (χ3v) is 4.93. The Kier molecular flexibility index (Phi) is 4.52. The minimum absolute atomic E-state index is 0.783. The summed E-state index contributed by atoms with van der Waals surface area (Å²) in [7, 11) is 0. The van der Waals surface area contributed by atoms with Gasteiger partial charge in [0.25, 0.3) is 0 Å². The standard InChI is InChI=1S/C21H27N/c1-15-13-16(2)21(17(3)14-15)22-20-11-9-19(10-12-20)18-7-5-4-6-8-18/h9-14,18,22H,4-8H2,1-3H3. The Hall–Kier alpha value is -1.76. The number of benzene rings is 2. The topological polar surface area (TPSA) is 12.0 Å². The van der Waals surface area contributed by atoms with Gasteiger partial charge in [0.1, 0.15) is 0 Å². The summed E-state index contributed by atoms with van der Waals surface area (Å²) >= 11 is 0. The molecule has 1 fully saturated rings. The lowest BCUT2D eigenvalue weighted by molar-refractivity contribution is 0.443. The van der Waals surface area contributed by atoms with E-state index < -0.39 is 0 Å². The normalized spacial score (nSPS) is 15.8. The molecule has 0 radical (unpaired) electrons. The van der Waals surface area contributed by atoms with E-state index in [4.69, 9.17) is 0 Å². The van der Waals surface area contributed by atoms with Gasteiger partial charge in [-0.25, -0.2) is 0 Å². The Bertz CT molecular complexity index is 610. The summed E-state index contributed by atoms with van der Waals surface area (Å²) < 4.78 is 0. The van der Waals surface area contributed by atoms with Crippen molar-refractivity contribution in [2.24, 2.45) is 0 Å². The van der Waals surface area contributed by atoms with Crippen LogP contribution in [0.5, 0.6) is 0 Å². The summed E-state index contributed by atoms with van der Waals surface area (Å²) in [6, 6.07) is 13.6. The van der Waals surface area contributed by atoms with Gasteiger partial charge in [-0.2, -0.15) is 0 Å². The van der Waals surface area contributed by atoms with E-state index in [1.807, 2.05) is 0 Å². The zero-order valence-corrected chi connectivity index (χ0v) is 14.1. The van der Waals surface area contributed by atoms with Crippen LogP contribution < -0.4 is 5.32 Å². The molecule has 0 saturated heterocycles. The van der Waals surface area contributed by atoms with E-state index in [1.165, 1.54) is 65.7 Å². The predicted molar refractivity (Wildman–Crippen MR) is 96.2 cm³/mol. The smallest absolute Gasteiger partial charge is 0.0443 e. The molecule has 0 amide bonds. The van der Waals surface area contributed by atoms with Crippen molar-refractivity contribution < 1.29 is 0 Å². The molecule has 1 heteroatoms. The second-order valence-electron chi connectivity index (χ2n) is 6.86. The molecular weight excluding hydrogens is 266 g/mol. The first-order valence-corrected chi connectivity index (χ1v) is 8.58. The van der Waals surface area contributed by atoms with E-state index in [0.717, 1.165) is 5.92 Å². The summed E-state index contributed by atoms with van der Waals surface area (Å²) in [4.78, 5) is 0. The van der Waals surface area contributed by atoms with Crippen molar-refractivity contribution in [1.82, 2.24) is 0 Å². The van der Waals surface area contributed by atoms with Gasteiger partial charge in [-0.1, -0.05) is 49.1 Å². The number of aryl methyl sites for hydroxylation is 3. The largest absolute Gasteiger partial charge is 0.355 e. The third kappa shape index (κ3) is 3.35.